The Hall–Kier alpha value is -1.24. The molecule has 0 aliphatic rings. The van der Waals surface area contributed by atoms with Gasteiger partial charge in [0.25, 0.3) is 0 Å². The summed E-state index contributed by atoms with van der Waals surface area (Å²) in [7, 11) is 0. The molecule has 1 nitrogen and oxygen atoms in total. The summed E-state index contributed by atoms with van der Waals surface area (Å²) in [5, 5.41) is 1.29. The molecule has 0 radical (unpaired) electrons. The summed E-state index contributed by atoms with van der Waals surface area (Å²) < 4.78 is 0. The van der Waals surface area contributed by atoms with Gasteiger partial charge in [0.05, 0.1) is 0 Å². The molecule has 0 saturated heterocycles. The van der Waals surface area contributed by atoms with E-state index < -0.39 is 0 Å². The minimum atomic E-state index is 0. The highest BCUT2D eigenvalue weighted by molar-refractivity contribution is 5.79. The molecule has 1 N–H and O–H groups in total. The molecule has 0 spiro atoms. The van der Waals surface area contributed by atoms with Gasteiger partial charge in [-0.05, 0) is 30.5 Å². The molecule has 2 rings (SSSR count). The lowest BCUT2D eigenvalue weighted by Gasteiger charge is -1.90. The number of aromatic nitrogens is 1. The van der Waals surface area contributed by atoms with E-state index in [-0.39, 0.29) is 1.43 Å². The SMILES string of the molecule is CC.Cc1ccc2[nH]ccc2c1.[HH]. The molecular formula is C11H17N. The Labute approximate surface area is 74.9 Å². The molecule has 1 heterocycles. The zero-order valence-corrected chi connectivity index (χ0v) is 7.89. The minimum Gasteiger partial charge on any atom is -0.361 e. The molecule has 1 aromatic carbocycles. The molecule has 2 aromatic rings. The highest BCUT2D eigenvalue weighted by Crippen LogP contribution is 2.12. The summed E-state index contributed by atoms with van der Waals surface area (Å²) in [4.78, 5) is 3.15. The Morgan fingerprint density at radius 3 is 2.67 bits per heavy atom. The minimum absolute atomic E-state index is 0. The molecule has 12 heavy (non-hydrogen) atoms. The molecule has 0 aliphatic heterocycles. The largest absolute Gasteiger partial charge is 0.361 e. The fourth-order valence-electron chi connectivity index (χ4n) is 1.17. The summed E-state index contributed by atoms with van der Waals surface area (Å²) in [5.74, 6) is 0. The standard InChI is InChI=1S/C9H9N.C2H6.H2/c1-7-2-3-9-8(6-7)4-5-10-9;1-2;/h2-6,10H,1H3;1-2H3;1H. The van der Waals surface area contributed by atoms with Crippen molar-refractivity contribution in [2.24, 2.45) is 0 Å². The van der Waals surface area contributed by atoms with Crippen LogP contribution in [-0.2, 0) is 0 Å². The van der Waals surface area contributed by atoms with Crippen LogP contribution in [0.4, 0.5) is 0 Å². The summed E-state index contributed by atoms with van der Waals surface area (Å²) in [6, 6.07) is 8.47. The maximum atomic E-state index is 3.15. The Morgan fingerprint density at radius 2 is 1.92 bits per heavy atom. The zero-order valence-electron chi connectivity index (χ0n) is 7.89. The molecule has 1 heteroatoms. The highest BCUT2D eigenvalue weighted by atomic mass is 14.7. The third-order valence-electron chi connectivity index (χ3n) is 1.71. The van der Waals surface area contributed by atoms with Gasteiger partial charge in [-0.15, -0.1) is 0 Å². The van der Waals surface area contributed by atoms with Crippen LogP contribution in [0.15, 0.2) is 30.5 Å². The van der Waals surface area contributed by atoms with Gasteiger partial charge in [-0.1, -0.05) is 25.5 Å². The molecule has 0 unspecified atom stereocenters. The topological polar surface area (TPSA) is 15.8 Å². The van der Waals surface area contributed by atoms with Crippen molar-refractivity contribution in [2.75, 3.05) is 0 Å². The van der Waals surface area contributed by atoms with Crippen molar-refractivity contribution < 1.29 is 1.43 Å². The van der Waals surface area contributed by atoms with Gasteiger partial charge in [-0.2, -0.15) is 0 Å². The van der Waals surface area contributed by atoms with Gasteiger partial charge in [-0.25, -0.2) is 0 Å². The number of rotatable bonds is 0. The maximum Gasteiger partial charge on any atom is 0.0454 e. The lowest BCUT2D eigenvalue weighted by molar-refractivity contribution is 1.46. The van der Waals surface area contributed by atoms with E-state index in [2.05, 4.69) is 36.2 Å². The predicted molar refractivity (Wildman–Crippen MR) is 56.5 cm³/mol. The van der Waals surface area contributed by atoms with E-state index in [1.807, 2.05) is 20.0 Å². The van der Waals surface area contributed by atoms with Crippen LogP contribution in [0.25, 0.3) is 10.9 Å². The van der Waals surface area contributed by atoms with Crippen molar-refractivity contribution in [1.29, 1.82) is 0 Å². The lowest BCUT2D eigenvalue weighted by Crippen LogP contribution is -1.69. The summed E-state index contributed by atoms with van der Waals surface area (Å²) in [6.07, 6.45) is 1.96. The third kappa shape index (κ3) is 1.67. The second-order valence-corrected chi connectivity index (χ2v) is 2.57. The summed E-state index contributed by atoms with van der Waals surface area (Å²) >= 11 is 0. The van der Waals surface area contributed by atoms with E-state index in [0.29, 0.717) is 0 Å². The normalized spacial score (nSPS) is 9.25. The Morgan fingerprint density at radius 1 is 1.17 bits per heavy atom. The maximum absolute atomic E-state index is 3.15. The van der Waals surface area contributed by atoms with Crippen LogP contribution in [0.2, 0.25) is 0 Å². The van der Waals surface area contributed by atoms with E-state index >= 15 is 0 Å². The van der Waals surface area contributed by atoms with Crippen LogP contribution < -0.4 is 0 Å². The number of H-pyrrole nitrogens is 1. The van der Waals surface area contributed by atoms with Crippen molar-refractivity contribution >= 4 is 10.9 Å². The molecule has 0 bridgehead atoms. The molecular weight excluding hydrogens is 146 g/mol. The second-order valence-electron chi connectivity index (χ2n) is 2.57. The fraction of sp³-hybridized carbons (Fsp3) is 0.273. The van der Waals surface area contributed by atoms with Crippen LogP contribution in [0.5, 0.6) is 0 Å². The van der Waals surface area contributed by atoms with E-state index in [1.165, 1.54) is 16.5 Å². The third-order valence-corrected chi connectivity index (χ3v) is 1.71. The summed E-state index contributed by atoms with van der Waals surface area (Å²) in [6.45, 7) is 6.10. The van der Waals surface area contributed by atoms with E-state index in [4.69, 9.17) is 0 Å². The van der Waals surface area contributed by atoms with Gasteiger partial charge in [0.15, 0.2) is 0 Å². The van der Waals surface area contributed by atoms with E-state index in [1.54, 1.807) is 0 Å². The highest BCUT2D eigenvalue weighted by Gasteiger charge is 1.90. The number of aryl methyl sites for hydroxylation is 1. The van der Waals surface area contributed by atoms with Crippen LogP contribution in [-0.4, -0.2) is 4.98 Å². The van der Waals surface area contributed by atoms with Crippen molar-refractivity contribution in [3.8, 4) is 0 Å². The van der Waals surface area contributed by atoms with Gasteiger partial charge < -0.3 is 4.98 Å². The molecule has 66 valence electrons. The first kappa shape index (κ1) is 8.85. The molecule has 0 aliphatic carbocycles. The average molecular weight is 163 g/mol. The van der Waals surface area contributed by atoms with Gasteiger partial charge >= 0.3 is 0 Å². The van der Waals surface area contributed by atoms with Crippen molar-refractivity contribution in [3.05, 3.63) is 36.0 Å². The first-order chi connectivity index (χ1) is 5.86. The van der Waals surface area contributed by atoms with Crippen LogP contribution in [0.1, 0.15) is 20.8 Å². The van der Waals surface area contributed by atoms with E-state index in [9.17, 15) is 0 Å². The van der Waals surface area contributed by atoms with Gasteiger partial charge in [0, 0.05) is 13.1 Å². The van der Waals surface area contributed by atoms with Gasteiger partial charge in [0.1, 0.15) is 0 Å². The monoisotopic (exact) mass is 163 g/mol. The fourth-order valence-corrected chi connectivity index (χ4v) is 1.17. The van der Waals surface area contributed by atoms with Crippen molar-refractivity contribution in [1.82, 2.24) is 4.98 Å². The number of benzene rings is 1. The number of fused-ring (bicyclic) bond motifs is 1. The number of hydrogen-bond donors (Lipinski definition) is 1. The Kier molecular flexibility index (Phi) is 2.92. The lowest BCUT2D eigenvalue weighted by atomic mass is 10.2. The Balaban J connectivity index is 0.000000451. The van der Waals surface area contributed by atoms with Crippen molar-refractivity contribution in [2.45, 2.75) is 20.8 Å². The van der Waals surface area contributed by atoms with Crippen LogP contribution in [0, 0.1) is 6.92 Å². The van der Waals surface area contributed by atoms with E-state index in [0.717, 1.165) is 0 Å². The van der Waals surface area contributed by atoms with Crippen LogP contribution >= 0.6 is 0 Å². The molecule has 1 aromatic heterocycles. The molecule has 0 saturated carbocycles. The Bertz CT molecular complexity index is 352. The molecule has 0 atom stereocenters. The number of nitrogens with one attached hydrogen (secondary N) is 1. The quantitative estimate of drug-likeness (QED) is 0.608. The first-order valence-corrected chi connectivity index (χ1v) is 4.40. The average Bonchev–Trinajstić information content (AvgIpc) is 2.54. The predicted octanol–water partition coefficient (Wildman–Crippen LogP) is 3.75. The van der Waals surface area contributed by atoms with Gasteiger partial charge in [-0.3, -0.25) is 0 Å². The second kappa shape index (κ2) is 3.96. The number of hydrogen-bond acceptors (Lipinski definition) is 0. The number of aromatic amines is 1. The first-order valence-electron chi connectivity index (χ1n) is 4.40. The molecule has 0 amide bonds. The summed E-state index contributed by atoms with van der Waals surface area (Å²) in [5.41, 5.74) is 2.53. The molecule has 0 fully saturated rings. The smallest absolute Gasteiger partial charge is 0.0454 e. The van der Waals surface area contributed by atoms with Gasteiger partial charge in [0.2, 0.25) is 0 Å². The van der Waals surface area contributed by atoms with Crippen LogP contribution in [0.3, 0.4) is 0 Å². The zero-order chi connectivity index (χ0) is 8.97. The van der Waals surface area contributed by atoms with Crippen molar-refractivity contribution in [3.63, 3.8) is 0 Å².